The third-order valence-electron chi connectivity index (χ3n) is 3.48. The molecular weight excluding hydrogens is 218 g/mol. The first-order valence-electron chi connectivity index (χ1n) is 5.86. The number of nitrogens with two attached hydrogens (primary N) is 1. The molecule has 17 heavy (non-hydrogen) atoms. The number of nitrogens with zero attached hydrogens (tertiary/aromatic N) is 4. The zero-order valence-electron chi connectivity index (χ0n) is 9.54. The molecule has 1 unspecified atom stereocenters. The fourth-order valence-electron chi connectivity index (χ4n) is 2.57. The van der Waals surface area contributed by atoms with E-state index < -0.39 is 0 Å². The monoisotopic (exact) mass is 233 g/mol. The van der Waals surface area contributed by atoms with Crippen molar-refractivity contribution in [3.63, 3.8) is 0 Å². The molecule has 0 spiro atoms. The van der Waals surface area contributed by atoms with Gasteiger partial charge < -0.3 is 15.5 Å². The minimum Gasteiger partial charge on any atom is -0.382 e. The highest BCUT2D eigenvalue weighted by Crippen LogP contribution is 2.24. The Morgan fingerprint density at radius 2 is 2.18 bits per heavy atom. The van der Waals surface area contributed by atoms with E-state index in [4.69, 9.17) is 5.73 Å². The Balaban J connectivity index is 1.75. The molecule has 0 aliphatic carbocycles. The smallest absolute Gasteiger partial charge is 0.223 e. The van der Waals surface area contributed by atoms with Crippen LogP contribution in [0.2, 0.25) is 0 Å². The number of piperazine rings is 1. The summed E-state index contributed by atoms with van der Waals surface area (Å²) in [6.45, 7) is 2.46. The van der Waals surface area contributed by atoms with Gasteiger partial charge in [-0.3, -0.25) is 4.79 Å². The van der Waals surface area contributed by atoms with Gasteiger partial charge in [-0.05, 0) is 6.42 Å². The van der Waals surface area contributed by atoms with Gasteiger partial charge in [-0.1, -0.05) is 0 Å². The molecule has 90 valence electrons. The van der Waals surface area contributed by atoms with Crippen molar-refractivity contribution in [2.45, 2.75) is 18.9 Å². The van der Waals surface area contributed by atoms with Crippen LogP contribution < -0.4 is 10.6 Å². The summed E-state index contributed by atoms with van der Waals surface area (Å²) in [5.41, 5.74) is 5.51. The first-order valence-corrected chi connectivity index (χ1v) is 5.86. The third kappa shape index (κ3) is 1.79. The van der Waals surface area contributed by atoms with Gasteiger partial charge in [-0.2, -0.15) is 0 Å². The van der Waals surface area contributed by atoms with Crippen LogP contribution in [0.3, 0.4) is 0 Å². The molecule has 0 saturated carbocycles. The maximum absolute atomic E-state index is 11.6. The molecule has 1 aromatic rings. The molecule has 6 heteroatoms. The number of nitrogen functional groups attached to an aromatic ring is 1. The molecule has 1 amide bonds. The van der Waals surface area contributed by atoms with E-state index in [9.17, 15) is 4.79 Å². The van der Waals surface area contributed by atoms with E-state index in [-0.39, 0.29) is 5.91 Å². The topological polar surface area (TPSA) is 75.3 Å². The minimum atomic E-state index is 0.290. The van der Waals surface area contributed by atoms with Crippen LogP contribution in [0.4, 0.5) is 11.6 Å². The molecular formula is C11H15N5O. The van der Waals surface area contributed by atoms with E-state index >= 15 is 0 Å². The van der Waals surface area contributed by atoms with E-state index in [0.717, 1.165) is 31.9 Å². The summed E-state index contributed by atoms with van der Waals surface area (Å²) < 4.78 is 0. The zero-order chi connectivity index (χ0) is 11.8. The molecule has 0 radical (unpaired) electrons. The van der Waals surface area contributed by atoms with Gasteiger partial charge in [0.15, 0.2) is 0 Å². The molecule has 3 heterocycles. The van der Waals surface area contributed by atoms with Gasteiger partial charge in [0.25, 0.3) is 0 Å². The lowest BCUT2D eigenvalue weighted by atomic mass is 10.1. The SMILES string of the molecule is Nc1cnc(N2CCN3C(=O)CCC3C2)cn1. The van der Waals surface area contributed by atoms with Crippen molar-refractivity contribution in [1.29, 1.82) is 0 Å². The van der Waals surface area contributed by atoms with Crippen LogP contribution in [-0.2, 0) is 4.79 Å². The van der Waals surface area contributed by atoms with Crippen molar-refractivity contribution in [2.75, 3.05) is 30.3 Å². The predicted molar refractivity (Wildman–Crippen MR) is 63.4 cm³/mol. The number of amides is 1. The Morgan fingerprint density at radius 1 is 1.29 bits per heavy atom. The highest BCUT2D eigenvalue weighted by atomic mass is 16.2. The largest absolute Gasteiger partial charge is 0.382 e. The summed E-state index contributed by atoms with van der Waals surface area (Å²) in [6, 6.07) is 0.343. The molecule has 2 aliphatic rings. The maximum Gasteiger partial charge on any atom is 0.223 e. The number of carbonyl (C=O) groups excluding carboxylic acids is 1. The van der Waals surface area contributed by atoms with Gasteiger partial charge in [0.1, 0.15) is 11.6 Å². The Morgan fingerprint density at radius 3 is 2.94 bits per heavy atom. The normalized spacial score (nSPS) is 24.0. The molecule has 2 aliphatic heterocycles. The van der Waals surface area contributed by atoms with Crippen molar-refractivity contribution < 1.29 is 4.79 Å². The fraction of sp³-hybridized carbons (Fsp3) is 0.545. The Kier molecular flexibility index (Phi) is 2.35. The first-order chi connectivity index (χ1) is 8.24. The molecule has 1 atom stereocenters. The number of fused-ring (bicyclic) bond motifs is 1. The van der Waals surface area contributed by atoms with Crippen LogP contribution in [0.5, 0.6) is 0 Å². The zero-order valence-corrected chi connectivity index (χ0v) is 9.54. The van der Waals surface area contributed by atoms with Crippen molar-refractivity contribution >= 4 is 17.5 Å². The number of aromatic nitrogens is 2. The molecule has 6 nitrogen and oxygen atoms in total. The summed E-state index contributed by atoms with van der Waals surface area (Å²) in [5.74, 6) is 1.57. The number of anilines is 2. The van der Waals surface area contributed by atoms with Gasteiger partial charge in [-0.15, -0.1) is 0 Å². The van der Waals surface area contributed by atoms with Crippen molar-refractivity contribution in [2.24, 2.45) is 0 Å². The average molecular weight is 233 g/mol. The summed E-state index contributed by atoms with van der Waals surface area (Å²) in [5, 5.41) is 0. The summed E-state index contributed by atoms with van der Waals surface area (Å²) in [4.78, 5) is 24.0. The summed E-state index contributed by atoms with van der Waals surface area (Å²) in [6.07, 6.45) is 4.91. The minimum absolute atomic E-state index is 0.290. The second-order valence-electron chi connectivity index (χ2n) is 4.53. The van der Waals surface area contributed by atoms with Crippen LogP contribution in [0.25, 0.3) is 0 Å². The molecule has 0 aromatic carbocycles. The second kappa shape index (κ2) is 3.87. The van der Waals surface area contributed by atoms with E-state index in [1.807, 2.05) is 4.90 Å². The Labute approximate surface area is 99.4 Å². The number of hydrogen-bond acceptors (Lipinski definition) is 5. The van der Waals surface area contributed by atoms with Crippen molar-refractivity contribution in [1.82, 2.24) is 14.9 Å². The van der Waals surface area contributed by atoms with Gasteiger partial charge in [0.2, 0.25) is 5.91 Å². The van der Waals surface area contributed by atoms with E-state index in [2.05, 4.69) is 14.9 Å². The fourth-order valence-corrected chi connectivity index (χ4v) is 2.57. The van der Waals surface area contributed by atoms with Crippen LogP contribution in [-0.4, -0.2) is 46.5 Å². The van der Waals surface area contributed by atoms with Crippen LogP contribution in [0.15, 0.2) is 12.4 Å². The lowest BCUT2D eigenvalue weighted by Gasteiger charge is -2.37. The highest BCUT2D eigenvalue weighted by molar-refractivity contribution is 5.79. The molecule has 2 fully saturated rings. The molecule has 3 rings (SSSR count). The number of carbonyl (C=O) groups is 1. The molecule has 0 bridgehead atoms. The van der Waals surface area contributed by atoms with Gasteiger partial charge in [-0.25, -0.2) is 9.97 Å². The van der Waals surface area contributed by atoms with E-state index in [1.54, 1.807) is 12.4 Å². The van der Waals surface area contributed by atoms with Crippen molar-refractivity contribution in [3.05, 3.63) is 12.4 Å². The van der Waals surface area contributed by atoms with Gasteiger partial charge >= 0.3 is 0 Å². The first kappa shape index (κ1) is 10.3. The number of hydrogen-bond donors (Lipinski definition) is 1. The quantitative estimate of drug-likeness (QED) is 0.731. The Hall–Kier alpha value is -1.85. The average Bonchev–Trinajstić information content (AvgIpc) is 2.72. The molecule has 1 aromatic heterocycles. The van der Waals surface area contributed by atoms with Crippen LogP contribution in [0, 0.1) is 0 Å². The summed E-state index contributed by atoms with van der Waals surface area (Å²) in [7, 11) is 0. The maximum atomic E-state index is 11.6. The Bertz CT molecular complexity index is 432. The standard InChI is InChI=1S/C11H15N5O/c12-9-5-14-10(6-13-9)15-3-4-16-8(7-15)1-2-11(16)17/h5-6,8H,1-4,7H2,(H2,12,13). The van der Waals surface area contributed by atoms with Gasteiger partial charge in [0, 0.05) is 32.1 Å². The molecule has 2 saturated heterocycles. The summed E-state index contributed by atoms with van der Waals surface area (Å²) >= 11 is 0. The lowest BCUT2D eigenvalue weighted by molar-refractivity contribution is -0.129. The second-order valence-corrected chi connectivity index (χ2v) is 4.53. The van der Waals surface area contributed by atoms with Crippen LogP contribution in [0.1, 0.15) is 12.8 Å². The number of rotatable bonds is 1. The predicted octanol–water partition coefficient (Wildman–Crippen LogP) is -0.130. The molecule has 2 N–H and O–H groups in total. The van der Waals surface area contributed by atoms with Gasteiger partial charge in [0.05, 0.1) is 12.4 Å². The van der Waals surface area contributed by atoms with E-state index in [1.165, 1.54) is 0 Å². The van der Waals surface area contributed by atoms with E-state index in [0.29, 0.717) is 18.3 Å². The van der Waals surface area contributed by atoms with Crippen molar-refractivity contribution in [3.8, 4) is 0 Å². The van der Waals surface area contributed by atoms with Crippen LogP contribution >= 0.6 is 0 Å². The lowest BCUT2D eigenvalue weighted by Crippen LogP contribution is -2.51. The third-order valence-corrected chi connectivity index (χ3v) is 3.48. The highest BCUT2D eigenvalue weighted by Gasteiger charge is 2.35.